The predicted molar refractivity (Wildman–Crippen MR) is 64.9 cm³/mol. The Kier molecular flexibility index (Phi) is 3.27. The summed E-state index contributed by atoms with van der Waals surface area (Å²) in [6.07, 6.45) is 0.136. The lowest BCUT2D eigenvalue weighted by Crippen LogP contribution is -2.13. The van der Waals surface area contributed by atoms with Crippen molar-refractivity contribution in [1.29, 1.82) is 0 Å². The molecule has 1 aromatic carbocycles. The highest BCUT2D eigenvalue weighted by Gasteiger charge is 2.06. The lowest BCUT2D eigenvalue weighted by molar-refractivity contribution is -0.137. The second-order valence-corrected chi connectivity index (χ2v) is 3.79. The zero-order valence-corrected chi connectivity index (χ0v) is 9.77. The summed E-state index contributed by atoms with van der Waals surface area (Å²) in [5, 5.41) is 9.01. The van der Waals surface area contributed by atoms with Gasteiger partial charge in [0.05, 0.1) is 24.4 Å². The fourth-order valence-corrected chi connectivity index (χ4v) is 1.64. The number of H-pyrrole nitrogens is 1. The third kappa shape index (κ3) is 2.48. The third-order valence-electron chi connectivity index (χ3n) is 2.54. The van der Waals surface area contributed by atoms with Gasteiger partial charge in [-0.2, -0.15) is 0 Å². The summed E-state index contributed by atoms with van der Waals surface area (Å²) in [6.45, 7) is 0. The highest BCUT2D eigenvalue weighted by atomic mass is 16.5. The molecule has 0 saturated heterocycles. The Morgan fingerprint density at radius 2 is 2.28 bits per heavy atom. The number of nitrogens with zero attached hydrogens (tertiary/aromatic N) is 1. The standard InChI is InChI=1S/C12H12N2O4/c1-18-7-2-3-9-8(6-7)12(17)14-10(13-9)4-5-11(15)16/h2-3,6H,4-5H2,1H3,(H,15,16)(H,13,14,17). The molecule has 0 saturated carbocycles. The minimum absolute atomic E-state index is 0.0649. The molecule has 0 radical (unpaired) electrons. The molecule has 0 aliphatic rings. The first-order valence-electron chi connectivity index (χ1n) is 5.39. The number of hydrogen-bond acceptors (Lipinski definition) is 4. The van der Waals surface area contributed by atoms with Gasteiger partial charge >= 0.3 is 5.97 Å². The Morgan fingerprint density at radius 3 is 2.94 bits per heavy atom. The summed E-state index contributed by atoms with van der Waals surface area (Å²) in [5.74, 6) is 0.0284. The van der Waals surface area contributed by atoms with Crippen molar-refractivity contribution in [3.05, 3.63) is 34.4 Å². The van der Waals surface area contributed by atoms with Crippen molar-refractivity contribution in [2.75, 3.05) is 7.11 Å². The van der Waals surface area contributed by atoms with Gasteiger partial charge in [-0.15, -0.1) is 0 Å². The lowest BCUT2D eigenvalue weighted by atomic mass is 10.2. The first kappa shape index (κ1) is 12.1. The molecule has 0 bridgehead atoms. The Morgan fingerprint density at radius 1 is 1.50 bits per heavy atom. The number of aromatic amines is 1. The molecule has 0 spiro atoms. The van der Waals surface area contributed by atoms with Crippen molar-refractivity contribution in [3.63, 3.8) is 0 Å². The Hall–Kier alpha value is -2.37. The summed E-state index contributed by atoms with van der Waals surface area (Å²) < 4.78 is 5.03. The first-order chi connectivity index (χ1) is 8.60. The van der Waals surface area contributed by atoms with Crippen molar-refractivity contribution < 1.29 is 14.6 Å². The topological polar surface area (TPSA) is 92.3 Å². The maximum absolute atomic E-state index is 11.8. The number of methoxy groups -OCH3 is 1. The number of rotatable bonds is 4. The number of carboxylic acid groups (broad SMARTS) is 1. The summed E-state index contributed by atoms with van der Waals surface area (Å²) >= 11 is 0. The van der Waals surface area contributed by atoms with Gasteiger partial charge < -0.3 is 14.8 Å². The van der Waals surface area contributed by atoms with Crippen LogP contribution in [0.5, 0.6) is 5.75 Å². The van der Waals surface area contributed by atoms with Crippen LogP contribution in [0, 0.1) is 0 Å². The van der Waals surface area contributed by atoms with Crippen molar-refractivity contribution in [2.24, 2.45) is 0 Å². The van der Waals surface area contributed by atoms with Crippen LogP contribution in [0.1, 0.15) is 12.2 Å². The lowest BCUT2D eigenvalue weighted by Gasteiger charge is -2.03. The quantitative estimate of drug-likeness (QED) is 0.840. The molecule has 94 valence electrons. The zero-order chi connectivity index (χ0) is 13.1. The van der Waals surface area contributed by atoms with Crippen LogP contribution in [0.2, 0.25) is 0 Å². The predicted octanol–water partition coefficient (Wildman–Crippen LogP) is 0.949. The summed E-state index contributed by atoms with van der Waals surface area (Å²) in [5.41, 5.74) is 0.235. The Balaban J connectivity index is 2.43. The van der Waals surface area contributed by atoms with Crippen LogP contribution in [0.15, 0.2) is 23.0 Å². The number of aryl methyl sites for hydroxylation is 1. The molecular formula is C12H12N2O4. The number of benzene rings is 1. The van der Waals surface area contributed by atoms with E-state index in [9.17, 15) is 9.59 Å². The molecule has 6 heteroatoms. The van der Waals surface area contributed by atoms with Crippen LogP contribution in [0.25, 0.3) is 10.9 Å². The smallest absolute Gasteiger partial charge is 0.303 e. The van der Waals surface area contributed by atoms with Gasteiger partial charge in [-0.05, 0) is 18.2 Å². The highest BCUT2D eigenvalue weighted by Crippen LogP contribution is 2.16. The van der Waals surface area contributed by atoms with E-state index in [-0.39, 0.29) is 18.4 Å². The molecular weight excluding hydrogens is 236 g/mol. The van der Waals surface area contributed by atoms with Gasteiger partial charge in [-0.3, -0.25) is 9.59 Å². The maximum Gasteiger partial charge on any atom is 0.303 e. The number of fused-ring (bicyclic) bond motifs is 1. The maximum atomic E-state index is 11.8. The molecule has 6 nitrogen and oxygen atoms in total. The van der Waals surface area contributed by atoms with Crippen LogP contribution < -0.4 is 10.3 Å². The van der Waals surface area contributed by atoms with Crippen molar-refractivity contribution >= 4 is 16.9 Å². The molecule has 0 aliphatic carbocycles. The van der Waals surface area contributed by atoms with E-state index in [4.69, 9.17) is 9.84 Å². The van der Waals surface area contributed by atoms with Crippen molar-refractivity contribution in [3.8, 4) is 5.75 Å². The normalized spacial score (nSPS) is 10.5. The highest BCUT2D eigenvalue weighted by molar-refractivity contribution is 5.79. The average Bonchev–Trinajstić information content (AvgIpc) is 2.36. The van der Waals surface area contributed by atoms with Gasteiger partial charge in [0.25, 0.3) is 5.56 Å². The first-order valence-corrected chi connectivity index (χ1v) is 5.39. The summed E-state index contributed by atoms with van der Waals surface area (Å²) in [4.78, 5) is 29.1. The molecule has 0 amide bonds. The van der Waals surface area contributed by atoms with E-state index in [0.717, 1.165) is 0 Å². The van der Waals surface area contributed by atoms with Gasteiger partial charge in [-0.1, -0.05) is 0 Å². The molecule has 0 unspecified atom stereocenters. The van der Waals surface area contributed by atoms with Crippen LogP contribution in [0.3, 0.4) is 0 Å². The number of nitrogens with one attached hydrogen (secondary N) is 1. The van der Waals surface area contributed by atoms with Gasteiger partial charge in [0.1, 0.15) is 11.6 Å². The second-order valence-electron chi connectivity index (χ2n) is 3.79. The van der Waals surface area contributed by atoms with Crippen LogP contribution in [-0.4, -0.2) is 28.2 Å². The summed E-state index contributed by atoms with van der Waals surface area (Å²) in [7, 11) is 1.52. The van der Waals surface area contributed by atoms with E-state index in [0.29, 0.717) is 22.5 Å². The molecule has 18 heavy (non-hydrogen) atoms. The molecule has 0 fully saturated rings. The van der Waals surface area contributed by atoms with E-state index in [1.165, 1.54) is 7.11 Å². The molecule has 0 atom stereocenters. The number of ether oxygens (including phenoxy) is 1. The fourth-order valence-electron chi connectivity index (χ4n) is 1.64. The fraction of sp³-hybridized carbons (Fsp3) is 0.250. The van der Waals surface area contributed by atoms with Crippen molar-refractivity contribution in [1.82, 2.24) is 9.97 Å². The van der Waals surface area contributed by atoms with Crippen LogP contribution in [0.4, 0.5) is 0 Å². The number of carbonyl (C=O) groups is 1. The van der Waals surface area contributed by atoms with Crippen molar-refractivity contribution in [2.45, 2.75) is 12.8 Å². The third-order valence-corrected chi connectivity index (χ3v) is 2.54. The largest absolute Gasteiger partial charge is 0.497 e. The van der Waals surface area contributed by atoms with E-state index >= 15 is 0 Å². The monoisotopic (exact) mass is 248 g/mol. The van der Waals surface area contributed by atoms with Crippen LogP contribution in [-0.2, 0) is 11.2 Å². The average molecular weight is 248 g/mol. The summed E-state index contributed by atoms with van der Waals surface area (Å²) in [6, 6.07) is 4.98. The number of hydrogen-bond donors (Lipinski definition) is 2. The van der Waals surface area contributed by atoms with E-state index < -0.39 is 5.97 Å². The molecule has 2 N–H and O–H groups in total. The van der Waals surface area contributed by atoms with Crippen LogP contribution >= 0.6 is 0 Å². The molecule has 1 aromatic heterocycles. The van der Waals surface area contributed by atoms with E-state index in [2.05, 4.69) is 9.97 Å². The SMILES string of the molecule is COc1ccc2nc(CCC(=O)O)[nH]c(=O)c2c1. The number of carboxylic acids is 1. The van der Waals surface area contributed by atoms with Gasteiger partial charge in [-0.25, -0.2) is 4.98 Å². The zero-order valence-electron chi connectivity index (χ0n) is 9.77. The minimum Gasteiger partial charge on any atom is -0.497 e. The van der Waals surface area contributed by atoms with E-state index in [1.54, 1.807) is 18.2 Å². The van der Waals surface area contributed by atoms with Gasteiger partial charge in [0.2, 0.25) is 0 Å². The molecule has 2 rings (SSSR count). The number of aliphatic carboxylic acids is 1. The molecule has 0 aliphatic heterocycles. The van der Waals surface area contributed by atoms with Gasteiger partial charge in [0.15, 0.2) is 0 Å². The molecule has 1 heterocycles. The molecule has 2 aromatic rings. The Bertz CT molecular complexity index is 648. The van der Waals surface area contributed by atoms with E-state index in [1.807, 2.05) is 0 Å². The minimum atomic E-state index is -0.924. The number of aromatic nitrogens is 2. The Labute approximate surface area is 102 Å². The van der Waals surface area contributed by atoms with Gasteiger partial charge in [0, 0.05) is 6.42 Å². The second kappa shape index (κ2) is 4.87.